The van der Waals surface area contributed by atoms with Crippen molar-refractivity contribution in [3.05, 3.63) is 23.8 Å². The smallest absolute Gasteiger partial charge is 0.270 e. The van der Waals surface area contributed by atoms with E-state index in [1.54, 1.807) is 19.0 Å². The van der Waals surface area contributed by atoms with Gasteiger partial charge in [0, 0.05) is 31.7 Å². The first-order valence-corrected chi connectivity index (χ1v) is 7.14. The molecule has 0 bridgehead atoms. The first kappa shape index (κ1) is 13.1. The maximum atomic E-state index is 12.4. The summed E-state index contributed by atoms with van der Waals surface area (Å²) in [5, 5.41) is 0.952. The summed E-state index contributed by atoms with van der Waals surface area (Å²) >= 11 is 0. The zero-order valence-electron chi connectivity index (χ0n) is 12.3. The van der Waals surface area contributed by atoms with Crippen LogP contribution in [0.2, 0.25) is 0 Å². The molecule has 106 valence electrons. The molecule has 20 heavy (non-hydrogen) atoms. The SMILES string of the molecule is Cc1ncc2cc(C(=O)N(C)C)n(C3CCCC3)c2n1. The normalized spacial score (nSPS) is 15.9. The number of hydrogen-bond donors (Lipinski definition) is 0. The Hall–Kier alpha value is -1.91. The van der Waals surface area contributed by atoms with E-state index in [9.17, 15) is 4.79 Å². The molecular formula is C15H20N4O. The standard InChI is InChI=1S/C15H20N4O/c1-10-16-9-11-8-13(15(20)18(2)3)19(14(11)17-10)12-6-4-5-7-12/h8-9,12H,4-7H2,1-3H3. The molecule has 2 heterocycles. The van der Waals surface area contributed by atoms with Crippen molar-refractivity contribution in [1.82, 2.24) is 19.4 Å². The maximum absolute atomic E-state index is 12.4. The van der Waals surface area contributed by atoms with Crippen molar-refractivity contribution in [3.63, 3.8) is 0 Å². The minimum atomic E-state index is 0.0348. The molecule has 0 aliphatic heterocycles. The van der Waals surface area contributed by atoms with Gasteiger partial charge in [-0.3, -0.25) is 4.79 Å². The van der Waals surface area contributed by atoms with Crippen molar-refractivity contribution in [2.75, 3.05) is 14.1 Å². The predicted molar refractivity (Wildman–Crippen MR) is 77.8 cm³/mol. The molecule has 0 spiro atoms. The molecule has 2 aromatic heterocycles. The van der Waals surface area contributed by atoms with Crippen molar-refractivity contribution in [1.29, 1.82) is 0 Å². The molecule has 1 aliphatic carbocycles. The third kappa shape index (κ3) is 2.07. The fraction of sp³-hybridized carbons (Fsp3) is 0.533. The van der Waals surface area contributed by atoms with Gasteiger partial charge in [-0.05, 0) is 25.8 Å². The van der Waals surface area contributed by atoms with Crippen LogP contribution in [0, 0.1) is 6.92 Å². The van der Waals surface area contributed by atoms with Crippen molar-refractivity contribution in [2.24, 2.45) is 0 Å². The third-order valence-electron chi connectivity index (χ3n) is 4.01. The summed E-state index contributed by atoms with van der Waals surface area (Å²) in [6.45, 7) is 1.89. The lowest BCUT2D eigenvalue weighted by atomic mass is 10.2. The van der Waals surface area contributed by atoms with Crippen molar-refractivity contribution >= 4 is 16.9 Å². The number of carbonyl (C=O) groups is 1. The molecule has 0 N–H and O–H groups in total. The van der Waals surface area contributed by atoms with E-state index in [2.05, 4.69) is 14.5 Å². The second kappa shape index (κ2) is 4.89. The molecule has 2 aromatic rings. The molecule has 5 nitrogen and oxygen atoms in total. The highest BCUT2D eigenvalue weighted by molar-refractivity contribution is 5.97. The van der Waals surface area contributed by atoms with Gasteiger partial charge in [0.1, 0.15) is 17.2 Å². The van der Waals surface area contributed by atoms with E-state index in [-0.39, 0.29) is 5.91 Å². The summed E-state index contributed by atoms with van der Waals surface area (Å²) in [7, 11) is 3.58. The Morgan fingerprint density at radius 3 is 2.70 bits per heavy atom. The summed E-state index contributed by atoms with van der Waals surface area (Å²) < 4.78 is 2.14. The van der Waals surface area contributed by atoms with Crippen LogP contribution in [0.5, 0.6) is 0 Å². The van der Waals surface area contributed by atoms with Crippen molar-refractivity contribution in [2.45, 2.75) is 38.6 Å². The van der Waals surface area contributed by atoms with Crippen molar-refractivity contribution < 1.29 is 4.79 Å². The molecule has 1 saturated carbocycles. The van der Waals surface area contributed by atoms with Crippen LogP contribution in [-0.2, 0) is 0 Å². The number of aryl methyl sites for hydroxylation is 1. The van der Waals surface area contributed by atoms with E-state index in [0.29, 0.717) is 6.04 Å². The molecule has 0 atom stereocenters. The molecule has 0 unspecified atom stereocenters. The molecule has 0 saturated heterocycles. The number of carbonyl (C=O) groups excluding carboxylic acids is 1. The Morgan fingerprint density at radius 1 is 1.35 bits per heavy atom. The van der Waals surface area contributed by atoms with Crippen LogP contribution in [-0.4, -0.2) is 39.4 Å². The Bertz CT molecular complexity index is 653. The van der Waals surface area contributed by atoms with Crippen LogP contribution in [0.15, 0.2) is 12.3 Å². The molecule has 1 fully saturated rings. The highest BCUT2D eigenvalue weighted by atomic mass is 16.2. The quantitative estimate of drug-likeness (QED) is 0.844. The van der Waals surface area contributed by atoms with E-state index < -0.39 is 0 Å². The van der Waals surface area contributed by atoms with Gasteiger partial charge in [0.25, 0.3) is 5.91 Å². The fourth-order valence-corrected chi connectivity index (χ4v) is 3.02. The van der Waals surface area contributed by atoms with Gasteiger partial charge in [0.05, 0.1) is 0 Å². The lowest BCUT2D eigenvalue weighted by Crippen LogP contribution is -2.25. The van der Waals surface area contributed by atoms with Gasteiger partial charge in [-0.25, -0.2) is 9.97 Å². The van der Waals surface area contributed by atoms with Gasteiger partial charge in [0.15, 0.2) is 0 Å². The summed E-state index contributed by atoms with van der Waals surface area (Å²) in [5.74, 6) is 0.784. The third-order valence-corrected chi connectivity index (χ3v) is 4.01. The van der Waals surface area contributed by atoms with E-state index >= 15 is 0 Å². The predicted octanol–water partition coefficient (Wildman–Crippen LogP) is 2.56. The molecule has 1 amide bonds. The number of rotatable bonds is 2. The molecule has 5 heteroatoms. The number of hydrogen-bond acceptors (Lipinski definition) is 3. The van der Waals surface area contributed by atoms with Crippen LogP contribution < -0.4 is 0 Å². The minimum absolute atomic E-state index is 0.0348. The molecular weight excluding hydrogens is 252 g/mol. The second-order valence-electron chi connectivity index (χ2n) is 5.73. The molecule has 3 rings (SSSR count). The number of nitrogens with zero attached hydrogens (tertiary/aromatic N) is 4. The van der Waals surface area contributed by atoms with E-state index in [4.69, 9.17) is 0 Å². The van der Waals surface area contributed by atoms with Gasteiger partial charge in [-0.15, -0.1) is 0 Å². The molecule has 0 aromatic carbocycles. The van der Waals surface area contributed by atoms with Crippen LogP contribution in [0.4, 0.5) is 0 Å². The first-order chi connectivity index (χ1) is 9.58. The van der Waals surface area contributed by atoms with E-state index in [1.807, 2.05) is 19.2 Å². The topological polar surface area (TPSA) is 51.0 Å². The number of fused-ring (bicyclic) bond motifs is 1. The first-order valence-electron chi connectivity index (χ1n) is 7.14. The summed E-state index contributed by atoms with van der Waals surface area (Å²) in [5.41, 5.74) is 1.63. The van der Waals surface area contributed by atoms with Crippen LogP contribution in [0.1, 0.15) is 48.0 Å². The van der Waals surface area contributed by atoms with Crippen molar-refractivity contribution in [3.8, 4) is 0 Å². The summed E-state index contributed by atoms with van der Waals surface area (Å²) in [4.78, 5) is 22.9. The Morgan fingerprint density at radius 2 is 2.05 bits per heavy atom. The maximum Gasteiger partial charge on any atom is 0.270 e. The Kier molecular flexibility index (Phi) is 3.20. The fourth-order valence-electron chi connectivity index (χ4n) is 3.02. The van der Waals surface area contributed by atoms with E-state index in [1.165, 1.54) is 12.8 Å². The number of aromatic nitrogens is 3. The zero-order chi connectivity index (χ0) is 14.3. The average molecular weight is 272 g/mol. The van der Waals surface area contributed by atoms with E-state index in [0.717, 1.165) is 35.4 Å². The van der Waals surface area contributed by atoms with Crippen LogP contribution in [0.25, 0.3) is 11.0 Å². The zero-order valence-corrected chi connectivity index (χ0v) is 12.3. The Balaban J connectivity index is 2.22. The van der Waals surface area contributed by atoms with Gasteiger partial charge >= 0.3 is 0 Å². The molecule has 1 aliphatic rings. The number of amides is 1. The second-order valence-corrected chi connectivity index (χ2v) is 5.73. The molecule has 0 radical (unpaired) electrons. The highest BCUT2D eigenvalue weighted by Crippen LogP contribution is 2.34. The van der Waals surface area contributed by atoms with Gasteiger partial charge in [-0.1, -0.05) is 12.8 Å². The summed E-state index contributed by atoms with van der Waals surface area (Å²) in [6.07, 6.45) is 6.52. The highest BCUT2D eigenvalue weighted by Gasteiger charge is 2.26. The van der Waals surface area contributed by atoms with Gasteiger partial charge in [-0.2, -0.15) is 0 Å². The lowest BCUT2D eigenvalue weighted by molar-refractivity contribution is 0.0815. The lowest BCUT2D eigenvalue weighted by Gasteiger charge is -2.18. The van der Waals surface area contributed by atoms with Gasteiger partial charge in [0.2, 0.25) is 0 Å². The van der Waals surface area contributed by atoms with Crippen LogP contribution in [0.3, 0.4) is 0 Å². The average Bonchev–Trinajstić information content (AvgIpc) is 3.03. The minimum Gasteiger partial charge on any atom is -0.343 e. The van der Waals surface area contributed by atoms with Gasteiger partial charge < -0.3 is 9.47 Å². The van der Waals surface area contributed by atoms with Crippen LogP contribution >= 0.6 is 0 Å². The summed E-state index contributed by atoms with van der Waals surface area (Å²) in [6, 6.07) is 2.32. The largest absolute Gasteiger partial charge is 0.343 e. The monoisotopic (exact) mass is 272 g/mol. The Labute approximate surface area is 118 Å².